The molecule has 1 aromatic carbocycles. The van der Waals surface area contributed by atoms with Crippen LogP contribution in [0.3, 0.4) is 0 Å². The largest absolute Gasteiger partial charge is 0.444 e. The van der Waals surface area contributed by atoms with Crippen LogP contribution < -0.4 is 5.32 Å². The number of carbonyl (C=O) groups excluding carboxylic acids is 1. The number of hydrogen-bond donors (Lipinski definition) is 1. The molecule has 4 nitrogen and oxygen atoms in total. The van der Waals surface area contributed by atoms with E-state index in [4.69, 9.17) is 4.74 Å². The van der Waals surface area contributed by atoms with E-state index in [0.29, 0.717) is 5.13 Å². The molecule has 0 bridgehead atoms. The number of halogens is 1. The van der Waals surface area contributed by atoms with E-state index in [9.17, 15) is 4.79 Å². The summed E-state index contributed by atoms with van der Waals surface area (Å²) in [6.45, 7) is 0.256. The van der Waals surface area contributed by atoms with E-state index < -0.39 is 6.09 Å². The summed E-state index contributed by atoms with van der Waals surface area (Å²) in [6, 6.07) is 9.55. The first kappa shape index (κ1) is 14.0. The fourth-order valence-corrected chi connectivity index (χ4v) is 2.91. The molecule has 0 atom stereocenters. The Hall–Kier alpha value is -1.40. The highest BCUT2D eigenvalue weighted by atomic mass is 79.9. The molecule has 0 fully saturated rings. The molecule has 100 valence electrons. The van der Waals surface area contributed by atoms with Crippen LogP contribution in [0.25, 0.3) is 0 Å². The lowest BCUT2D eigenvalue weighted by atomic mass is 10.2. The third-order valence-electron chi connectivity index (χ3n) is 2.32. The third-order valence-corrected chi connectivity index (χ3v) is 3.69. The summed E-state index contributed by atoms with van der Waals surface area (Å²) in [4.78, 5) is 16.8. The van der Waals surface area contributed by atoms with Gasteiger partial charge in [0, 0.05) is 16.4 Å². The van der Waals surface area contributed by atoms with E-state index in [0.717, 1.165) is 22.2 Å². The maximum atomic E-state index is 11.6. The number of amides is 1. The molecule has 1 aromatic heterocycles. The molecule has 0 unspecified atom stereocenters. The van der Waals surface area contributed by atoms with Gasteiger partial charge in [-0.2, -0.15) is 0 Å². The Labute approximate surface area is 124 Å². The number of benzene rings is 1. The number of rotatable bonds is 5. The SMILES string of the molecule is O=C(Nc1ncc(CCBr)s1)OCc1ccccc1. The molecule has 2 rings (SSSR count). The molecule has 0 aliphatic carbocycles. The van der Waals surface area contributed by atoms with Crippen LogP contribution >= 0.6 is 27.3 Å². The van der Waals surface area contributed by atoms with Crippen molar-refractivity contribution in [3.8, 4) is 0 Å². The highest BCUT2D eigenvalue weighted by Crippen LogP contribution is 2.19. The highest BCUT2D eigenvalue weighted by molar-refractivity contribution is 9.09. The molecule has 1 N–H and O–H groups in total. The van der Waals surface area contributed by atoms with Crippen LogP contribution in [-0.4, -0.2) is 16.4 Å². The molecule has 0 saturated carbocycles. The zero-order valence-electron chi connectivity index (χ0n) is 10.1. The third kappa shape index (κ3) is 4.65. The summed E-state index contributed by atoms with van der Waals surface area (Å²) in [5, 5.41) is 4.07. The Morgan fingerprint density at radius 3 is 2.89 bits per heavy atom. The van der Waals surface area contributed by atoms with E-state index in [1.54, 1.807) is 6.20 Å². The first-order chi connectivity index (χ1) is 9.28. The first-order valence-corrected chi connectivity index (χ1v) is 7.70. The molecule has 0 spiro atoms. The maximum Gasteiger partial charge on any atom is 0.413 e. The second-order valence-electron chi connectivity index (χ2n) is 3.76. The second-order valence-corrected chi connectivity index (χ2v) is 5.67. The number of aromatic nitrogens is 1. The van der Waals surface area contributed by atoms with Crippen molar-refractivity contribution in [1.29, 1.82) is 0 Å². The summed E-state index contributed by atoms with van der Waals surface area (Å²) < 4.78 is 5.11. The van der Waals surface area contributed by atoms with Crippen molar-refractivity contribution in [1.82, 2.24) is 4.98 Å². The van der Waals surface area contributed by atoms with Crippen molar-refractivity contribution in [2.45, 2.75) is 13.0 Å². The molecule has 6 heteroatoms. The normalized spacial score (nSPS) is 10.2. The van der Waals surface area contributed by atoms with Gasteiger partial charge in [0.25, 0.3) is 0 Å². The molecule has 1 heterocycles. The lowest BCUT2D eigenvalue weighted by molar-refractivity contribution is 0.155. The lowest BCUT2D eigenvalue weighted by Gasteiger charge is -2.04. The van der Waals surface area contributed by atoms with Crippen LogP contribution in [0.4, 0.5) is 9.93 Å². The topological polar surface area (TPSA) is 51.2 Å². The molecule has 0 aliphatic rings. The van der Waals surface area contributed by atoms with Crippen molar-refractivity contribution in [3.05, 3.63) is 47.0 Å². The van der Waals surface area contributed by atoms with E-state index in [-0.39, 0.29) is 6.61 Å². The molecule has 0 aliphatic heterocycles. The van der Waals surface area contributed by atoms with Crippen molar-refractivity contribution < 1.29 is 9.53 Å². The van der Waals surface area contributed by atoms with Crippen LogP contribution in [0.1, 0.15) is 10.4 Å². The van der Waals surface area contributed by atoms with Gasteiger partial charge in [0.15, 0.2) is 5.13 Å². The quantitative estimate of drug-likeness (QED) is 0.841. The monoisotopic (exact) mass is 340 g/mol. The molecular formula is C13H13BrN2O2S. The van der Waals surface area contributed by atoms with Gasteiger partial charge in [-0.25, -0.2) is 9.78 Å². The van der Waals surface area contributed by atoms with Crippen molar-refractivity contribution >= 4 is 38.5 Å². The Bertz CT molecular complexity index is 530. The van der Waals surface area contributed by atoms with Gasteiger partial charge in [-0.3, -0.25) is 5.32 Å². The average Bonchev–Trinajstić information content (AvgIpc) is 2.85. The standard InChI is InChI=1S/C13H13BrN2O2S/c14-7-6-11-8-15-12(19-11)16-13(17)18-9-10-4-2-1-3-5-10/h1-5,8H,6-7,9H2,(H,15,16,17). The fourth-order valence-electron chi connectivity index (χ4n) is 1.42. The van der Waals surface area contributed by atoms with Crippen LogP contribution in [0, 0.1) is 0 Å². The van der Waals surface area contributed by atoms with Crippen LogP contribution in [-0.2, 0) is 17.8 Å². The molecule has 0 saturated heterocycles. The zero-order valence-corrected chi connectivity index (χ0v) is 12.5. The number of anilines is 1. The van der Waals surface area contributed by atoms with E-state index >= 15 is 0 Å². The molecular weight excluding hydrogens is 328 g/mol. The summed E-state index contributed by atoms with van der Waals surface area (Å²) in [6.07, 6.45) is 2.18. The lowest BCUT2D eigenvalue weighted by Crippen LogP contribution is -2.13. The maximum absolute atomic E-state index is 11.6. The van der Waals surface area contributed by atoms with Crippen molar-refractivity contribution in [2.75, 3.05) is 10.6 Å². The second kappa shape index (κ2) is 7.25. The van der Waals surface area contributed by atoms with Crippen molar-refractivity contribution in [2.24, 2.45) is 0 Å². The van der Waals surface area contributed by atoms with Gasteiger partial charge in [-0.05, 0) is 12.0 Å². The molecule has 0 radical (unpaired) electrons. The fraction of sp³-hybridized carbons (Fsp3) is 0.231. The molecule has 1 amide bonds. The van der Waals surface area contributed by atoms with Crippen LogP contribution in [0.15, 0.2) is 36.5 Å². The predicted octanol–water partition coefficient (Wildman–Crippen LogP) is 3.83. The minimum atomic E-state index is -0.483. The van der Waals surface area contributed by atoms with Gasteiger partial charge in [-0.15, -0.1) is 11.3 Å². The van der Waals surface area contributed by atoms with E-state index in [1.807, 2.05) is 30.3 Å². The van der Waals surface area contributed by atoms with Crippen LogP contribution in [0.2, 0.25) is 0 Å². The number of nitrogens with zero attached hydrogens (tertiary/aromatic N) is 1. The summed E-state index contributed by atoms with van der Waals surface area (Å²) in [7, 11) is 0. The summed E-state index contributed by atoms with van der Waals surface area (Å²) >= 11 is 4.82. The Balaban J connectivity index is 1.80. The van der Waals surface area contributed by atoms with Crippen molar-refractivity contribution in [3.63, 3.8) is 0 Å². The number of carbonyl (C=O) groups is 1. The number of alkyl halides is 1. The summed E-state index contributed by atoms with van der Waals surface area (Å²) in [5.41, 5.74) is 0.955. The van der Waals surface area contributed by atoms with E-state index in [1.165, 1.54) is 11.3 Å². The Morgan fingerprint density at radius 2 is 2.16 bits per heavy atom. The van der Waals surface area contributed by atoms with Gasteiger partial charge in [0.05, 0.1) is 0 Å². The van der Waals surface area contributed by atoms with Gasteiger partial charge < -0.3 is 4.74 Å². The number of nitrogens with one attached hydrogen (secondary N) is 1. The number of ether oxygens (including phenoxy) is 1. The first-order valence-electron chi connectivity index (χ1n) is 5.76. The minimum absolute atomic E-state index is 0.256. The number of hydrogen-bond acceptors (Lipinski definition) is 4. The minimum Gasteiger partial charge on any atom is -0.444 e. The Kier molecular flexibility index (Phi) is 5.35. The smallest absolute Gasteiger partial charge is 0.413 e. The van der Waals surface area contributed by atoms with Gasteiger partial charge in [-0.1, -0.05) is 46.3 Å². The van der Waals surface area contributed by atoms with Gasteiger partial charge >= 0.3 is 6.09 Å². The summed E-state index contributed by atoms with van der Waals surface area (Å²) in [5.74, 6) is 0. The van der Waals surface area contributed by atoms with Crippen LogP contribution in [0.5, 0.6) is 0 Å². The molecule has 19 heavy (non-hydrogen) atoms. The average molecular weight is 341 g/mol. The number of thiazole rings is 1. The van der Waals surface area contributed by atoms with Gasteiger partial charge in [0.1, 0.15) is 6.61 Å². The zero-order chi connectivity index (χ0) is 13.5. The Morgan fingerprint density at radius 1 is 1.37 bits per heavy atom. The molecule has 2 aromatic rings. The predicted molar refractivity (Wildman–Crippen MR) is 79.9 cm³/mol. The number of aryl methyl sites for hydroxylation is 1. The van der Waals surface area contributed by atoms with E-state index in [2.05, 4.69) is 26.2 Å². The highest BCUT2D eigenvalue weighted by Gasteiger charge is 2.07. The van der Waals surface area contributed by atoms with Gasteiger partial charge in [0.2, 0.25) is 0 Å².